The number of rotatable bonds is 9. The molecule has 1 unspecified atom stereocenters. The van der Waals surface area contributed by atoms with Crippen LogP contribution in [0, 0.1) is 5.92 Å². The third-order valence-corrected chi connectivity index (χ3v) is 4.12. The summed E-state index contributed by atoms with van der Waals surface area (Å²) >= 11 is 0. The molecule has 6 nitrogen and oxygen atoms in total. The second kappa shape index (κ2) is 13.0. The fourth-order valence-electron chi connectivity index (χ4n) is 2.55. The first-order valence-electron chi connectivity index (χ1n) is 8.75. The Balaban J connectivity index is 0.00000625. The highest BCUT2D eigenvalue weighted by molar-refractivity contribution is 14.0. The van der Waals surface area contributed by atoms with Gasteiger partial charge in [-0.1, -0.05) is 19.9 Å². The predicted octanol–water partition coefficient (Wildman–Crippen LogP) is 3.14. The van der Waals surface area contributed by atoms with Crippen LogP contribution in [0.5, 0.6) is 11.5 Å². The number of methoxy groups -OCH3 is 2. The number of aliphatic imine (C=N–C) groups is 1. The SMILES string of the molecule is CN=C(NCCC(C)C)NCC(c1ccc(OC)c(OC)c1)N(C)C.I. The van der Waals surface area contributed by atoms with Crippen molar-refractivity contribution < 1.29 is 9.47 Å². The summed E-state index contributed by atoms with van der Waals surface area (Å²) in [5, 5.41) is 6.78. The number of benzene rings is 1. The third kappa shape index (κ3) is 7.99. The van der Waals surface area contributed by atoms with Gasteiger partial charge in [-0.15, -0.1) is 24.0 Å². The van der Waals surface area contributed by atoms with E-state index in [2.05, 4.69) is 54.5 Å². The van der Waals surface area contributed by atoms with E-state index >= 15 is 0 Å². The number of guanidine groups is 1. The lowest BCUT2D eigenvalue weighted by atomic mass is 10.1. The maximum atomic E-state index is 5.43. The quantitative estimate of drug-likeness (QED) is 0.325. The van der Waals surface area contributed by atoms with E-state index in [1.54, 1.807) is 21.3 Å². The summed E-state index contributed by atoms with van der Waals surface area (Å²) in [6, 6.07) is 6.23. The minimum atomic E-state index is 0. The van der Waals surface area contributed by atoms with Crippen molar-refractivity contribution in [1.29, 1.82) is 0 Å². The molecular weight excluding hydrogens is 443 g/mol. The van der Waals surface area contributed by atoms with Crippen LogP contribution in [0.3, 0.4) is 0 Å². The minimum absolute atomic E-state index is 0. The zero-order chi connectivity index (χ0) is 18.8. The largest absolute Gasteiger partial charge is 0.493 e. The highest BCUT2D eigenvalue weighted by atomic mass is 127. The lowest BCUT2D eigenvalue weighted by Crippen LogP contribution is -2.42. The van der Waals surface area contributed by atoms with Crippen LogP contribution in [-0.2, 0) is 0 Å². The van der Waals surface area contributed by atoms with E-state index in [9.17, 15) is 0 Å². The van der Waals surface area contributed by atoms with E-state index in [1.807, 2.05) is 12.1 Å². The predicted molar refractivity (Wildman–Crippen MR) is 120 cm³/mol. The van der Waals surface area contributed by atoms with Crippen LogP contribution in [0.2, 0.25) is 0 Å². The maximum absolute atomic E-state index is 5.43. The van der Waals surface area contributed by atoms with Crippen LogP contribution in [0.1, 0.15) is 31.9 Å². The average Bonchev–Trinajstić information content (AvgIpc) is 2.59. The molecule has 2 N–H and O–H groups in total. The molecule has 0 aliphatic heterocycles. The van der Waals surface area contributed by atoms with E-state index in [4.69, 9.17) is 9.47 Å². The molecule has 1 rings (SSSR count). The van der Waals surface area contributed by atoms with Crippen LogP contribution in [0.15, 0.2) is 23.2 Å². The number of nitrogens with one attached hydrogen (secondary N) is 2. The summed E-state index contributed by atoms with van der Waals surface area (Å²) in [4.78, 5) is 6.48. The third-order valence-electron chi connectivity index (χ3n) is 4.12. The molecule has 26 heavy (non-hydrogen) atoms. The Morgan fingerprint density at radius 3 is 2.27 bits per heavy atom. The first-order chi connectivity index (χ1) is 11.9. The summed E-state index contributed by atoms with van der Waals surface area (Å²) in [6.45, 7) is 6.10. The fourth-order valence-corrected chi connectivity index (χ4v) is 2.55. The topological polar surface area (TPSA) is 58.1 Å². The van der Waals surface area contributed by atoms with Gasteiger partial charge in [0.25, 0.3) is 0 Å². The van der Waals surface area contributed by atoms with Crippen LogP contribution >= 0.6 is 24.0 Å². The van der Waals surface area contributed by atoms with Crippen molar-refractivity contribution >= 4 is 29.9 Å². The first kappa shape index (κ1) is 24.8. The summed E-state index contributed by atoms with van der Waals surface area (Å²) in [7, 11) is 9.24. The first-order valence-corrected chi connectivity index (χ1v) is 8.75. The lowest BCUT2D eigenvalue weighted by molar-refractivity contribution is 0.295. The van der Waals surface area contributed by atoms with Gasteiger partial charge in [0.1, 0.15) is 0 Å². The van der Waals surface area contributed by atoms with Gasteiger partial charge in [0.15, 0.2) is 17.5 Å². The van der Waals surface area contributed by atoms with E-state index in [-0.39, 0.29) is 30.0 Å². The molecule has 0 aliphatic rings. The molecule has 0 saturated heterocycles. The van der Waals surface area contributed by atoms with Crippen molar-refractivity contribution in [2.45, 2.75) is 26.3 Å². The number of nitrogens with zero attached hydrogens (tertiary/aromatic N) is 2. The molecular formula is C19H35IN4O2. The van der Waals surface area contributed by atoms with Gasteiger partial charge in [-0.05, 0) is 44.1 Å². The van der Waals surface area contributed by atoms with E-state index in [0.29, 0.717) is 5.92 Å². The lowest BCUT2D eigenvalue weighted by Gasteiger charge is -2.26. The van der Waals surface area contributed by atoms with Crippen molar-refractivity contribution in [3.8, 4) is 11.5 Å². The number of hydrogen-bond donors (Lipinski definition) is 2. The average molecular weight is 478 g/mol. The Morgan fingerprint density at radius 1 is 1.12 bits per heavy atom. The Morgan fingerprint density at radius 2 is 1.77 bits per heavy atom. The number of ether oxygens (including phenoxy) is 2. The molecule has 0 aromatic heterocycles. The van der Waals surface area contributed by atoms with Crippen LogP contribution < -0.4 is 20.1 Å². The van der Waals surface area contributed by atoms with Gasteiger partial charge in [-0.3, -0.25) is 4.99 Å². The van der Waals surface area contributed by atoms with E-state index < -0.39 is 0 Å². The Hall–Kier alpha value is -1.22. The Labute approximate surface area is 175 Å². The van der Waals surface area contributed by atoms with E-state index in [1.165, 1.54) is 0 Å². The molecule has 0 radical (unpaired) electrons. The summed E-state index contributed by atoms with van der Waals surface area (Å²) < 4.78 is 10.8. The van der Waals surface area contributed by atoms with E-state index in [0.717, 1.165) is 42.5 Å². The smallest absolute Gasteiger partial charge is 0.191 e. The van der Waals surface area contributed by atoms with Crippen molar-refractivity contribution in [2.24, 2.45) is 10.9 Å². The molecule has 0 spiro atoms. The fraction of sp³-hybridized carbons (Fsp3) is 0.632. The number of likely N-dealkylation sites (N-methyl/N-ethyl adjacent to an activating group) is 1. The molecule has 0 heterocycles. The molecule has 1 aromatic carbocycles. The monoisotopic (exact) mass is 478 g/mol. The molecule has 0 fully saturated rings. The standard InChI is InChI=1S/C19H34N4O2.HI/c1-14(2)10-11-21-19(20-3)22-13-16(23(4)5)15-8-9-17(24-6)18(12-15)25-7;/h8-9,12,14,16H,10-11,13H2,1-7H3,(H2,20,21,22);1H. The Kier molecular flexibility index (Phi) is 12.4. The van der Waals surface area contributed by atoms with Gasteiger partial charge in [0, 0.05) is 20.1 Å². The van der Waals surface area contributed by atoms with Crippen LogP contribution in [0.25, 0.3) is 0 Å². The molecule has 150 valence electrons. The van der Waals surface area contributed by atoms with Crippen LogP contribution in [0.4, 0.5) is 0 Å². The van der Waals surface area contributed by atoms with Crippen molar-refractivity contribution in [2.75, 3.05) is 48.5 Å². The number of halogens is 1. The second-order valence-corrected chi connectivity index (χ2v) is 6.66. The van der Waals surface area contributed by atoms with Crippen molar-refractivity contribution in [1.82, 2.24) is 15.5 Å². The summed E-state index contributed by atoms with van der Waals surface area (Å²) in [5.41, 5.74) is 1.16. The molecule has 0 bridgehead atoms. The highest BCUT2D eigenvalue weighted by Gasteiger charge is 2.17. The summed E-state index contributed by atoms with van der Waals surface area (Å²) in [5.74, 6) is 2.98. The van der Waals surface area contributed by atoms with Gasteiger partial charge in [0.2, 0.25) is 0 Å². The van der Waals surface area contributed by atoms with Gasteiger partial charge < -0.3 is 25.0 Å². The van der Waals surface area contributed by atoms with Crippen LogP contribution in [-0.4, -0.2) is 59.3 Å². The molecule has 0 saturated carbocycles. The normalized spacial score (nSPS) is 12.6. The zero-order valence-electron chi connectivity index (χ0n) is 17.1. The maximum Gasteiger partial charge on any atom is 0.191 e. The summed E-state index contributed by atoms with van der Waals surface area (Å²) in [6.07, 6.45) is 1.12. The van der Waals surface area contributed by atoms with Gasteiger partial charge in [-0.2, -0.15) is 0 Å². The molecule has 1 aromatic rings. The molecule has 0 amide bonds. The zero-order valence-corrected chi connectivity index (χ0v) is 19.5. The Bertz CT molecular complexity index is 550. The van der Waals surface area contributed by atoms with Gasteiger partial charge >= 0.3 is 0 Å². The molecule has 1 atom stereocenters. The second-order valence-electron chi connectivity index (χ2n) is 6.66. The van der Waals surface area contributed by atoms with Crippen molar-refractivity contribution in [3.63, 3.8) is 0 Å². The van der Waals surface area contributed by atoms with Gasteiger partial charge in [-0.25, -0.2) is 0 Å². The number of hydrogen-bond acceptors (Lipinski definition) is 4. The minimum Gasteiger partial charge on any atom is -0.493 e. The highest BCUT2D eigenvalue weighted by Crippen LogP contribution is 2.31. The molecule has 7 heteroatoms. The van der Waals surface area contributed by atoms with Crippen molar-refractivity contribution in [3.05, 3.63) is 23.8 Å². The molecule has 0 aliphatic carbocycles. The van der Waals surface area contributed by atoms with Gasteiger partial charge in [0.05, 0.1) is 20.3 Å².